The van der Waals surface area contributed by atoms with Crippen molar-refractivity contribution in [3.63, 3.8) is 0 Å². The largest absolute Gasteiger partial charge is 0.332 e. The van der Waals surface area contributed by atoms with Crippen LogP contribution in [0.15, 0.2) is 53.1 Å². The summed E-state index contributed by atoms with van der Waals surface area (Å²) in [5.41, 5.74) is 7.12. The van der Waals surface area contributed by atoms with Crippen molar-refractivity contribution in [2.24, 2.45) is 0 Å². The van der Waals surface area contributed by atoms with Gasteiger partial charge in [0, 0.05) is 11.1 Å². The lowest BCUT2D eigenvalue weighted by Crippen LogP contribution is -1.84. The summed E-state index contributed by atoms with van der Waals surface area (Å²) in [4.78, 5) is 4.51. The van der Waals surface area contributed by atoms with E-state index in [2.05, 4.69) is 52.4 Å². The molecule has 0 bridgehead atoms. The molecule has 0 saturated heterocycles. The minimum Gasteiger partial charge on any atom is -0.332 e. The van der Waals surface area contributed by atoms with Crippen LogP contribution in [-0.4, -0.2) is 20.3 Å². The van der Waals surface area contributed by atoms with Crippen LogP contribution in [0.3, 0.4) is 0 Å². The number of aromatic amines is 1. The van der Waals surface area contributed by atoms with Gasteiger partial charge in [0.1, 0.15) is 5.69 Å². The second kappa shape index (κ2) is 6.02. The van der Waals surface area contributed by atoms with E-state index in [0.29, 0.717) is 17.4 Å². The molecule has 0 amide bonds. The molecular formula is C20H18N4O. The van der Waals surface area contributed by atoms with E-state index in [0.717, 1.165) is 22.4 Å². The normalized spacial score (nSPS) is 11.0. The Morgan fingerprint density at radius 3 is 2.52 bits per heavy atom. The van der Waals surface area contributed by atoms with Gasteiger partial charge in [0.25, 0.3) is 5.89 Å². The Balaban J connectivity index is 1.70. The lowest BCUT2D eigenvalue weighted by molar-refractivity contribution is 0.431. The molecule has 0 aliphatic heterocycles. The van der Waals surface area contributed by atoms with E-state index in [9.17, 15) is 0 Å². The molecule has 0 aliphatic carbocycles. The molecule has 0 aliphatic rings. The summed E-state index contributed by atoms with van der Waals surface area (Å²) in [6, 6.07) is 16.2. The Morgan fingerprint density at radius 1 is 0.880 bits per heavy atom. The average molecular weight is 330 g/mol. The van der Waals surface area contributed by atoms with Crippen LogP contribution in [0.25, 0.3) is 34.2 Å². The standard InChI is InChI=1S/C20H18N4O/c1-12-8-9-14(3)16(10-12)17-11-18(23-22-17)20-21-19(24-25-20)15-7-5-4-6-13(15)2/h4-11H,1-3H3,(H,22,23). The average Bonchev–Trinajstić information content (AvgIpc) is 3.26. The first-order valence-electron chi connectivity index (χ1n) is 8.15. The first-order valence-corrected chi connectivity index (χ1v) is 8.15. The Labute approximate surface area is 145 Å². The van der Waals surface area contributed by atoms with Crippen molar-refractivity contribution in [3.8, 4) is 34.2 Å². The number of aryl methyl sites for hydroxylation is 3. The summed E-state index contributed by atoms with van der Waals surface area (Å²) in [6.07, 6.45) is 0. The fourth-order valence-corrected chi connectivity index (χ4v) is 2.85. The van der Waals surface area contributed by atoms with Crippen LogP contribution in [0.2, 0.25) is 0 Å². The molecule has 25 heavy (non-hydrogen) atoms. The molecule has 4 aromatic rings. The van der Waals surface area contributed by atoms with Crippen LogP contribution >= 0.6 is 0 Å². The van der Waals surface area contributed by atoms with E-state index in [1.807, 2.05) is 37.3 Å². The Hall–Kier alpha value is -3.21. The van der Waals surface area contributed by atoms with Crippen molar-refractivity contribution >= 4 is 0 Å². The zero-order valence-electron chi connectivity index (χ0n) is 14.4. The lowest BCUT2D eigenvalue weighted by atomic mass is 10.0. The number of hydrogen-bond donors (Lipinski definition) is 1. The predicted octanol–water partition coefficient (Wildman–Crippen LogP) is 4.72. The maximum atomic E-state index is 5.43. The summed E-state index contributed by atoms with van der Waals surface area (Å²) < 4.78 is 5.43. The second-order valence-electron chi connectivity index (χ2n) is 6.22. The fourth-order valence-electron chi connectivity index (χ4n) is 2.85. The van der Waals surface area contributed by atoms with E-state index in [1.54, 1.807) is 0 Å². The molecule has 4 rings (SSSR count). The third-order valence-corrected chi connectivity index (χ3v) is 4.29. The molecule has 0 saturated carbocycles. The van der Waals surface area contributed by atoms with Crippen LogP contribution in [0, 0.1) is 20.8 Å². The second-order valence-corrected chi connectivity index (χ2v) is 6.22. The zero-order valence-corrected chi connectivity index (χ0v) is 14.4. The fraction of sp³-hybridized carbons (Fsp3) is 0.150. The molecule has 0 spiro atoms. The molecular weight excluding hydrogens is 312 g/mol. The molecule has 5 nitrogen and oxygen atoms in total. The Kier molecular flexibility index (Phi) is 3.69. The molecule has 5 heteroatoms. The molecule has 0 radical (unpaired) electrons. The predicted molar refractivity (Wildman–Crippen MR) is 97.0 cm³/mol. The summed E-state index contributed by atoms with van der Waals surface area (Å²) >= 11 is 0. The van der Waals surface area contributed by atoms with Gasteiger partial charge in [-0.1, -0.05) is 47.1 Å². The number of H-pyrrole nitrogens is 1. The number of nitrogens with one attached hydrogen (secondary N) is 1. The van der Waals surface area contributed by atoms with E-state index < -0.39 is 0 Å². The van der Waals surface area contributed by atoms with E-state index >= 15 is 0 Å². The van der Waals surface area contributed by atoms with E-state index in [1.165, 1.54) is 11.1 Å². The highest BCUT2D eigenvalue weighted by Crippen LogP contribution is 2.28. The Morgan fingerprint density at radius 2 is 1.68 bits per heavy atom. The molecule has 0 atom stereocenters. The van der Waals surface area contributed by atoms with Crippen molar-refractivity contribution in [2.45, 2.75) is 20.8 Å². The molecule has 0 fully saturated rings. The van der Waals surface area contributed by atoms with Gasteiger partial charge in [0.05, 0.1) is 5.69 Å². The van der Waals surface area contributed by atoms with Crippen molar-refractivity contribution in [3.05, 3.63) is 65.2 Å². The van der Waals surface area contributed by atoms with E-state index in [4.69, 9.17) is 4.52 Å². The number of rotatable bonds is 3. The number of benzene rings is 2. The van der Waals surface area contributed by atoms with Gasteiger partial charge in [-0.15, -0.1) is 0 Å². The third kappa shape index (κ3) is 2.85. The van der Waals surface area contributed by atoms with Gasteiger partial charge >= 0.3 is 0 Å². The van der Waals surface area contributed by atoms with Gasteiger partial charge in [-0.05, 0) is 44.0 Å². The topological polar surface area (TPSA) is 67.6 Å². The highest BCUT2D eigenvalue weighted by molar-refractivity contribution is 5.69. The third-order valence-electron chi connectivity index (χ3n) is 4.29. The molecule has 2 aromatic heterocycles. The smallest absolute Gasteiger partial charge is 0.276 e. The van der Waals surface area contributed by atoms with Crippen molar-refractivity contribution < 1.29 is 4.52 Å². The summed E-state index contributed by atoms with van der Waals surface area (Å²) in [5, 5.41) is 11.5. The molecule has 0 unspecified atom stereocenters. The van der Waals surface area contributed by atoms with Gasteiger partial charge in [-0.2, -0.15) is 10.1 Å². The summed E-state index contributed by atoms with van der Waals surface area (Å²) in [6.45, 7) is 6.18. The van der Waals surface area contributed by atoms with Crippen LogP contribution in [0.1, 0.15) is 16.7 Å². The van der Waals surface area contributed by atoms with Crippen LogP contribution in [0.5, 0.6) is 0 Å². The van der Waals surface area contributed by atoms with Crippen LogP contribution in [0.4, 0.5) is 0 Å². The molecule has 124 valence electrons. The van der Waals surface area contributed by atoms with Gasteiger partial charge in [-0.25, -0.2) is 0 Å². The number of nitrogens with zero attached hydrogens (tertiary/aromatic N) is 3. The minimum absolute atomic E-state index is 0.433. The lowest BCUT2D eigenvalue weighted by Gasteiger charge is -2.02. The molecule has 2 heterocycles. The van der Waals surface area contributed by atoms with Crippen molar-refractivity contribution in [2.75, 3.05) is 0 Å². The molecule has 1 N–H and O–H groups in total. The Bertz CT molecular complexity index is 1050. The highest BCUT2D eigenvalue weighted by atomic mass is 16.5. The minimum atomic E-state index is 0.433. The summed E-state index contributed by atoms with van der Waals surface area (Å²) in [5.74, 6) is 1.01. The van der Waals surface area contributed by atoms with Gasteiger partial charge in [0.2, 0.25) is 5.82 Å². The SMILES string of the molecule is Cc1ccc(C)c(-c2cc(-c3nc(-c4ccccc4C)no3)[nH]n2)c1. The van der Waals surface area contributed by atoms with Crippen LogP contribution in [-0.2, 0) is 0 Å². The van der Waals surface area contributed by atoms with Gasteiger partial charge in [-0.3, -0.25) is 5.10 Å². The quantitative estimate of drug-likeness (QED) is 0.590. The maximum absolute atomic E-state index is 5.43. The monoisotopic (exact) mass is 330 g/mol. The highest BCUT2D eigenvalue weighted by Gasteiger charge is 2.15. The van der Waals surface area contributed by atoms with Crippen molar-refractivity contribution in [1.82, 2.24) is 20.3 Å². The van der Waals surface area contributed by atoms with E-state index in [-0.39, 0.29) is 0 Å². The molecule has 2 aromatic carbocycles. The van der Waals surface area contributed by atoms with Crippen molar-refractivity contribution in [1.29, 1.82) is 0 Å². The zero-order chi connectivity index (χ0) is 17.4. The number of aromatic nitrogens is 4. The van der Waals surface area contributed by atoms with Gasteiger partial charge in [0.15, 0.2) is 0 Å². The number of hydrogen-bond acceptors (Lipinski definition) is 4. The first kappa shape index (κ1) is 15.3. The van der Waals surface area contributed by atoms with Crippen LogP contribution < -0.4 is 0 Å². The maximum Gasteiger partial charge on any atom is 0.276 e. The first-order chi connectivity index (χ1) is 12.1. The summed E-state index contributed by atoms with van der Waals surface area (Å²) in [7, 11) is 0. The van der Waals surface area contributed by atoms with Gasteiger partial charge < -0.3 is 4.52 Å².